The summed E-state index contributed by atoms with van der Waals surface area (Å²) in [6.45, 7) is 0. The summed E-state index contributed by atoms with van der Waals surface area (Å²) in [5.41, 5.74) is 5.55. The summed E-state index contributed by atoms with van der Waals surface area (Å²) >= 11 is 0. The Bertz CT molecular complexity index is 1590. The van der Waals surface area contributed by atoms with Crippen LogP contribution in [0.2, 0.25) is 0 Å². The van der Waals surface area contributed by atoms with Crippen LogP contribution < -0.4 is 11.2 Å². The smallest absolute Gasteiger partial charge is 0.274 e. The minimum Gasteiger partial charge on any atom is -0.510 e. The van der Waals surface area contributed by atoms with E-state index in [1.54, 1.807) is 44.4 Å². The van der Waals surface area contributed by atoms with E-state index in [-0.39, 0.29) is 35.3 Å². The molecule has 0 saturated heterocycles. The summed E-state index contributed by atoms with van der Waals surface area (Å²) in [4.78, 5) is 58.0. The number of likely N-dealkylation sites (N-methyl/N-ethyl adjacent to an activating group) is 1. The molecule has 0 fully saturated rings. The molecule has 0 saturated carbocycles. The number of hydrogen-bond acceptors (Lipinski definition) is 10. The highest BCUT2D eigenvalue weighted by molar-refractivity contribution is 6.25. The van der Waals surface area contributed by atoms with Gasteiger partial charge in [-0.05, 0) is 67.7 Å². The van der Waals surface area contributed by atoms with E-state index in [2.05, 4.69) is 5.48 Å². The van der Waals surface area contributed by atoms with Gasteiger partial charge in [0.15, 0.2) is 11.4 Å². The van der Waals surface area contributed by atoms with Crippen LogP contribution in [0.3, 0.4) is 0 Å². The number of aliphatic hydroxyl groups is 3. The lowest BCUT2D eigenvalue weighted by Crippen LogP contribution is -2.63. The first-order valence-corrected chi connectivity index (χ1v) is 12.8. The molecule has 2 aromatic carbocycles. The van der Waals surface area contributed by atoms with Crippen molar-refractivity contribution in [2.24, 2.45) is 17.6 Å². The molecule has 5 rings (SSSR count). The number of hydroxylamine groups is 1. The van der Waals surface area contributed by atoms with Crippen molar-refractivity contribution in [1.82, 2.24) is 10.4 Å². The Morgan fingerprint density at radius 2 is 1.83 bits per heavy atom. The van der Waals surface area contributed by atoms with Crippen molar-refractivity contribution in [3.63, 3.8) is 0 Å². The molecular formula is C29H29N3O9. The molecule has 0 aliphatic heterocycles. The molecule has 2 amide bonds. The average molecular weight is 564 g/mol. The van der Waals surface area contributed by atoms with Gasteiger partial charge in [-0.15, -0.1) is 0 Å². The molecule has 0 bridgehead atoms. The van der Waals surface area contributed by atoms with Crippen LogP contribution in [-0.2, 0) is 20.8 Å². The normalized spacial score (nSPS) is 25.5. The molecule has 41 heavy (non-hydrogen) atoms. The third-order valence-electron chi connectivity index (χ3n) is 8.24. The van der Waals surface area contributed by atoms with E-state index in [1.165, 1.54) is 18.1 Å². The van der Waals surface area contributed by atoms with Gasteiger partial charge in [0, 0.05) is 17.1 Å². The number of fused-ring (bicyclic) bond motifs is 3. The Labute approximate surface area is 234 Å². The van der Waals surface area contributed by atoms with E-state index in [0.29, 0.717) is 16.7 Å². The van der Waals surface area contributed by atoms with Gasteiger partial charge in [0.25, 0.3) is 11.8 Å². The molecule has 3 aliphatic rings. The first kappa shape index (κ1) is 28.0. The van der Waals surface area contributed by atoms with Gasteiger partial charge in [-0.1, -0.05) is 18.2 Å². The number of ketones is 2. The maximum absolute atomic E-state index is 13.9. The lowest BCUT2D eigenvalue weighted by atomic mass is 9.58. The molecule has 2 aromatic rings. The topological polar surface area (TPSA) is 200 Å². The molecule has 4 atom stereocenters. The highest BCUT2D eigenvalue weighted by Crippen LogP contribution is 2.53. The first-order chi connectivity index (χ1) is 19.3. The van der Waals surface area contributed by atoms with Crippen molar-refractivity contribution < 1.29 is 44.4 Å². The van der Waals surface area contributed by atoms with Gasteiger partial charge in [0.05, 0.1) is 18.7 Å². The number of benzene rings is 2. The van der Waals surface area contributed by atoms with E-state index in [1.807, 2.05) is 0 Å². The summed E-state index contributed by atoms with van der Waals surface area (Å²) in [7, 11) is 4.44. The molecule has 7 N–H and O–H groups in total. The number of amides is 2. The maximum Gasteiger partial charge on any atom is 0.274 e. The van der Waals surface area contributed by atoms with Crippen LogP contribution in [0.25, 0.3) is 11.1 Å². The number of phenolic OH excluding ortho intramolecular Hbond substituents is 1. The molecule has 0 radical (unpaired) electrons. The number of aliphatic hydroxyl groups excluding tert-OH is 2. The van der Waals surface area contributed by atoms with Gasteiger partial charge in [-0.3, -0.25) is 28.9 Å². The number of hydrogen-bond donors (Lipinski definition) is 6. The number of carbonyl (C=O) groups is 4. The minimum absolute atomic E-state index is 0.0306. The standard InChI is InChI=1S/C29H29N3O9/c1-32(2)22-17-11-14-10-16-15(12-5-4-6-13(9-12)28(39)31-41-3)7-8-18(33)20(16)23(34)19(14)25(36)29(17,40)26(37)21(24(22)35)27(30)38/h4-9,14,17,22,33,35-36,40H,10-11H2,1-3H3,(H2,30,38)(H,31,39)/t14-,17-,22?,29-/m0/s1. The second-order valence-corrected chi connectivity index (χ2v) is 10.7. The fraction of sp³-hybridized carbons (Fsp3) is 0.310. The number of nitrogens with two attached hydrogens (primary N) is 1. The maximum atomic E-state index is 13.9. The number of Topliss-reactive ketones (excluding diaryl/α,β-unsaturated/α-hetero) is 2. The zero-order valence-corrected chi connectivity index (χ0v) is 22.5. The van der Waals surface area contributed by atoms with Crippen molar-refractivity contribution in [2.75, 3.05) is 21.2 Å². The van der Waals surface area contributed by atoms with Crippen LogP contribution in [0.5, 0.6) is 5.75 Å². The number of nitrogens with one attached hydrogen (secondary N) is 1. The van der Waals surface area contributed by atoms with Crippen LogP contribution in [0, 0.1) is 11.8 Å². The number of primary amides is 1. The van der Waals surface area contributed by atoms with Crippen LogP contribution in [0.15, 0.2) is 59.1 Å². The summed E-state index contributed by atoms with van der Waals surface area (Å²) in [5, 5.41) is 44.8. The zero-order valence-electron chi connectivity index (χ0n) is 22.5. The number of nitrogens with zero attached hydrogens (tertiary/aromatic N) is 1. The highest BCUT2D eigenvalue weighted by atomic mass is 16.6. The third kappa shape index (κ3) is 4.02. The molecule has 12 heteroatoms. The Morgan fingerprint density at radius 1 is 1.12 bits per heavy atom. The van der Waals surface area contributed by atoms with Gasteiger partial charge in [0.1, 0.15) is 22.8 Å². The summed E-state index contributed by atoms with van der Waals surface area (Å²) in [6, 6.07) is 8.42. The lowest BCUT2D eigenvalue weighted by Gasteiger charge is -2.50. The Balaban J connectivity index is 1.68. The first-order valence-electron chi connectivity index (χ1n) is 12.8. The van der Waals surface area contributed by atoms with Crippen LogP contribution in [0.4, 0.5) is 0 Å². The average Bonchev–Trinajstić information content (AvgIpc) is 2.90. The fourth-order valence-electron chi connectivity index (χ4n) is 6.50. The molecular weight excluding hydrogens is 534 g/mol. The number of rotatable bonds is 5. The van der Waals surface area contributed by atoms with Gasteiger partial charge in [-0.25, -0.2) is 5.48 Å². The second-order valence-electron chi connectivity index (χ2n) is 10.7. The molecule has 1 unspecified atom stereocenters. The van der Waals surface area contributed by atoms with Crippen molar-refractivity contribution in [1.29, 1.82) is 0 Å². The Hall–Kier alpha value is -4.52. The third-order valence-corrected chi connectivity index (χ3v) is 8.24. The molecule has 0 spiro atoms. The zero-order chi connectivity index (χ0) is 30.0. The predicted octanol–water partition coefficient (Wildman–Crippen LogP) is 1.08. The summed E-state index contributed by atoms with van der Waals surface area (Å²) in [5.74, 6) is -7.64. The van der Waals surface area contributed by atoms with Crippen LogP contribution in [0.1, 0.15) is 32.7 Å². The van der Waals surface area contributed by atoms with E-state index in [9.17, 15) is 39.6 Å². The van der Waals surface area contributed by atoms with Gasteiger partial charge in [0.2, 0.25) is 5.78 Å². The van der Waals surface area contributed by atoms with Crippen LogP contribution in [-0.4, -0.2) is 81.6 Å². The second kappa shape index (κ2) is 9.84. The highest BCUT2D eigenvalue weighted by Gasteiger charge is 2.63. The van der Waals surface area contributed by atoms with Crippen molar-refractivity contribution in [2.45, 2.75) is 24.5 Å². The summed E-state index contributed by atoms with van der Waals surface area (Å²) < 4.78 is 0. The number of carbonyl (C=O) groups excluding carboxylic acids is 4. The number of phenols is 1. The van der Waals surface area contributed by atoms with Gasteiger partial charge in [-0.2, -0.15) is 0 Å². The van der Waals surface area contributed by atoms with Crippen molar-refractivity contribution >= 4 is 23.4 Å². The molecule has 3 aliphatic carbocycles. The Kier molecular flexibility index (Phi) is 6.72. The largest absolute Gasteiger partial charge is 0.510 e. The monoisotopic (exact) mass is 563 g/mol. The summed E-state index contributed by atoms with van der Waals surface area (Å²) in [6.07, 6.45) is 0.0872. The van der Waals surface area contributed by atoms with E-state index in [4.69, 9.17) is 10.6 Å². The van der Waals surface area contributed by atoms with Crippen molar-refractivity contribution in [3.8, 4) is 16.9 Å². The molecule has 214 valence electrons. The molecule has 12 nitrogen and oxygen atoms in total. The SMILES string of the molecule is CONC(=O)c1cccc(-c2ccc(O)c3c2C[C@H]2C[C@H]4C(N(C)C)C(O)=C(C(N)=O)C(=O)[C@@]4(O)C(O)=C2C3=O)c1. The van der Waals surface area contributed by atoms with Gasteiger partial charge >= 0.3 is 0 Å². The fourth-order valence-corrected chi connectivity index (χ4v) is 6.50. The van der Waals surface area contributed by atoms with Crippen molar-refractivity contribution in [3.05, 3.63) is 75.8 Å². The van der Waals surface area contributed by atoms with Gasteiger partial charge < -0.3 is 26.2 Å². The van der Waals surface area contributed by atoms with Crippen LogP contribution >= 0.6 is 0 Å². The minimum atomic E-state index is -2.71. The molecule has 0 aromatic heterocycles. The number of allylic oxidation sites excluding steroid dienone is 1. The molecule has 0 heterocycles. The van der Waals surface area contributed by atoms with E-state index in [0.717, 1.165) is 0 Å². The van der Waals surface area contributed by atoms with E-state index >= 15 is 0 Å². The van der Waals surface area contributed by atoms with E-state index < -0.39 is 64.0 Å². The predicted molar refractivity (Wildman–Crippen MR) is 144 cm³/mol. The Morgan fingerprint density at radius 3 is 2.46 bits per heavy atom. The lowest BCUT2D eigenvalue weighted by molar-refractivity contribution is -0.148. The quantitative estimate of drug-likeness (QED) is 0.226. The number of aromatic hydroxyl groups is 1.